The van der Waals surface area contributed by atoms with Crippen LogP contribution in [0.2, 0.25) is 0 Å². The Kier molecular flexibility index (Phi) is 6.27. The Hall–Kier alpha value is -2.33. The van der Waals surface area contributed by atoms with Crippen molar-refractivity contribution in [3.8, 4) is 0 Å². The Morgan fingerprint density at radius 3 is 2.14 bits per heavy atom. The first-order valence-electron chi connectivity index (χ1n) is 10.7. The fourth-order valence-electron chi connectivity index (χ4n) is 4.32. The summed E-state index contributed by atoms with van der Waals surface area (Å²) in [6.45, 7) is 6.18. The van der Waals surface area contributed by atoms with Crippen molar-refractivity contribution in [2.75, 3.05) is 31.1 Å². The summed E-state index contributed by atoms with van der Waals surface area (Å²) in [5.41, 5.74) is 4.50. The fraction of sp³-hybridized carbons (Fsp3) is 0.458. The highest BCUT2D eigenvalue weighted by Gasteiger charge is 2.15. The molecule has 2 heterocycles. The van der Waals surface area contributed by atoms with E-state index in [1.807, 2.05) is 12.1 Å². The van der Waals surface area contributed by atoms with Crippen molar-refractivity contribution in [1.29, 1.82) is 0 Å². The van der Waals surface area contributed by atoms with Crippen LogP contribution in [0, 0.1) is 0 Å². The van der Waals surface area contributed by atoms with Crippen LogP contribution in [-0.4, -0.2) is 37.0 Å². The number of nitrogens with zero attached hydrogens (tertiary/aromatic N) is 2. The fourth-order valence-corrected chi connectivity index (χ4v) is 4.32. The lowest BCUT2D eigenvalue weighted by Gasteiger charge is -2.28. The summed E-state index contributed by atoms with van der Waals surface area (Å²) in [5, 5.41) is 3.11. The van der Waals surface area contributed by atoms with E-state index in [0.29, 0.717) is 6.54 Å². The van der Waals surface area contributed by atoms with Gasteiger partial charge in [0.25, 0.3) is 5.91 Å². The van der Waals surface area contributed by atoms with Gasteiger partial charge in [0.2, 0.25) is 0 Å². The molecule has 4 nitrogen and oxygen atoms in total. The zero-order valence-electron chi connectivity index (χ0n) is 16.7. The topological polar surface area (TPSA) is 35.6 Å². The number of amides is 1. The molecule has 2 aromatic carbocycles. The third kappa shape index (κ3) is 4.74. The van der Waals surface area contributed by atoms with Crippen LogP contribution in [0.1, 0.15) is 53.6 Å². The summed E-state index contributed by atoms with van der Waals surface area (Å²) in [5.74, 6) is 0.00108. The van der Waals surface area contributed by atoms with Gasteiger partial charge < -0.3 is 10.2 Å². The molecular formula is C24H31N3O. The quantitative estimate of drug-likeness (QED) is 0.819. The van der Waals surface area contributed by atoms with Gasteiger partial charge in [0.1, 0.15) is 0 Å². The zero-order chi connectivity index (χ0) is 19.2. The van der Waals surface area contributed by atoms with Crippen LogP contribution in [0.15, 0.2) is 48.5 Å². The number of carbonyl (C=O) groups excluding carboxylic acids is 1. The van der Waals surface area contributed by atoms with Crippen molar-refractivity contribution in [2.45, 2.75) is 45.2 Å². The molecule has 0 atom stereocenters. The van der Waals surface area contributed by atoms with Gasteiger partial charge in [-0.05, 0) is 80.6 Å². The molecule has 1 amide bonds. The van der Waals surface area contributed by atoms with E-state index in [1.165, 1.54) is 62.0 Å². The van der Waals surface area contributed by atoms with Crippen molar-refractivity contribution in [2.24, 2.45) is 0 Å². The average Bonchev–Trinajstić information content (AvgIpc) is 3.27. The van der Waals surface area contributed by atoms with E-state index in [-0.39, 0.29) is 5.91 Å². The molecule has 0 saturated carbocycles. The molecule has 0 spiro atoms. The number of likely N-dealkylation sites (tertiary alicyclic amines) is 1. The van der Waals surface area contributed by atoms with Crippen molar-refractivity contribution in [1.82, 2.24) is 10.2 Å². The third-order valence-corrected chi connectivity index (χ3v) is 6.00. The van der Waals surface area contributed by atoms with Gasteiger partial charge in [0.15, 0.2) is 0 Å². The molecule has 0 radical (unpaired) electrons. The molecule has 4 heteroatoms. The largest absolute Gasteiger partial charge is 0.372 e. The predicted molar refractivity (Wildman–Crippen MR) is 115 cm³/mol. The van der Waals surface area contributed by atoms with Gasteiger partial charge in [-0.2, -0.15) is 0 Å². The van der Waals surface area contributed by atoms with E-state index in [2.05, 4.69) is 51.5 Å². The van der Waals surface area contributed by atoms with Crippen LogP contribution in [0.5, 0.6) is 0 Å². The van der Waals surface area contributed by atoms with Crippen LogP contribution < -0.4 is 10.2 Å². The first kappa shape index (κ1) is 19.0. The molecular weight excluding hydrogens is 346 g/mol. The minimum atomic E-state index is 0.00108. The summed E-state index contributed by atoms with van der Waals surface area (Å²) in [4.78, 5) is 17.5. The number of hydrogen-bond acceptors (Lipinski definition) is 3. The van der Waals surface area contributed by atoms with Crippen molar-refractivity contribution in [3.63, 3.8) is 0 Å². The Bertz CT molecular complexity index is 775. The monoisotopic (exact) mass is 377 g/mol. The van der Waals surface area contributed by atoms with Gasteiger partial charge in [-0.15, -0.1) is 0 Å². The molecule has 28 heavy (non-hydrogen) atoms. The van der Waals surface area contributed by atoms with Gasteiger partial charge in [0.05, 0.1) is 0 Å². The maximum absolute atomic E-state index is 12.6. The van der Waals surface area contributed by atoms with Crippen LogP contribution in [0.3, 0.4) is 0 Å². The molecule has 148 valence electrons. The van der Waals surface area contributed by atoms with E-state index in [4.69, 9.17) is 0 Å². The number of nitrogens with one attached hydrogen (secondary N) is 1. The van der Waals surface area contributed by atoms with Gasteiger partial charge in [-0.3, -0.25) is 9.69 Å². The highest BCUT2D eigenvalue weighted by atomic mass is 16.1. The van der Waals surface area contributed by atoms with Crippen molar-refractivity contribution < 1.29 is 4.79 Å². The average molecular weight is 378 g/mol. The first-order valence-corrected chi connectivity index (χ1v) is 10.7. The van der Waals surface area contributed by atoms with Gasteiger partial charge in [0, 0.05) is 37.4 Å². The standard InChI is InChI=1S/C24H31N3O/c28-24(20-10-12-23(13-11-20)27-16-4-1-5-17-27)25-18-21-8-2-3-9-22(21)19-26-14-6-7-15-26/h2-3,8-13H,1,4-7,14-19H2,(H,25,28). The lowest BCUT2D eigenvalue weighted by atomic mass is 10.1. The number of anilines is 1. The number of carbonyl (C=O) groups is 1. The first-order chi connectivity index (χ1) is 13.8. The predicted octanol–water partition coefficient (Wildman–Crippen LogP) is 4.20. The van der Waals surface area contributed by atoms with Crippen LogP contribution >= 0.6 is 0 Å². The van der Waals surface area contributed by atoms with Crippen LogP contribution in [-0.2, 0) is 13.1 Å². The van der Waals surface area contributed by atoms with E-state index in [9.17, 15) is 4.79 Å². The van der Waals surface area contributed by atoms with E-state index in [1.54, 1.807) is 0 Å². The molecule has 0 bridgehead atoms. The Morgan fingerprint density at radius 1 is 0.786 bits per heavy atom. The molecule has 2 aliphatic rings. The van der Waals surface area contributed by atoms with Crippen LogP contribution in [0.25, 0.3) is 0 Å². The van der Waals surface area contributed by atoms with Crippen molar-refractivity contribution >= 4 is 11.6 Å². The smallest absolute Gasteiger partial charge is 0.251 e. The maximum Gasteiger partial charge on any atom is 0.251 e. The van der Waals surface area contributed by atoms with Gasteiger partial charge in [-0.25, -0.2) is 0 Å². The molecule has 0 unspecified atom stereocenters. The van der Waals surface area contributed by atoms with Crippen molar-refractivity contribution in [3.05, 3.63) is 65.2 Å². The highest BCUT2D eigenvalue weighted by molar-refractivity contribution is 5.94. The Balaban J connectivity index is 1.35. The summed E-state index contributed by atoms with van der Waals surface area (Å²) in [6, 6.07) is 16.5. The zero-order valence-corrected chi connectivity index (χ0v) is 16.7. The van der Waals surface area contributed by atoms with E-state index in [0.717, 1.165) is 25.2 Å². The minimum Gasteiger partial charge on any atom is -0.372 e. The summed E-state index contributed by atoms with van der Waals surface area (Å²) < 4.78 is 0. The lowest BCUT2D eigenvalue weighted by Crippen LogP contribution is -2.29. The molecule has 1 N–H and O–H groups in total. The third-order valence-electron chi connectivity index (χ3n) is 6.00. The van der Waals surface area contributed by atoms with Crippen LogP contribution in [0.4, 0.5) is 5.69 Å². The highest BCUT2D eigenvalue weighted by Crippen LogP contribution is 2.20. The molecule has 0 aliphatic carbocycles. The molecule has 2 saturated heterocycles. The second-order valence-corrected chi connectivity index (χ2v) is 8.03. The summed E-state index contributed by atoms with van der Waals surface area (Å²) in [7, 11) is 0. The molecule has 2 aliphatic heterocycles. The lowest BCUT2D eigenvalue weighted by molar-refractivity contribution is 0.0951. The normalized spacial score (nSPS) is 17.6. The Labute approximate surface area is 168 Å². The molecule has 4 rings (SSSR count). The van der Waals surface area contributed by atoms with E-state index < -0.39 is 0 Å². The second kappa shape index (κ2) is 9.24. The number of benzene rings is 2. The van der Waals surface area contributed by atoms with E-state index >= 15 is 0 Å². The Morgan fingerprint density at radius 2 is 1.43 bits per heavy atom. The second-order valence-electron chi connectivity index (χ2n) is 8.03. The number of rotatable bonds is 6. The number of piperidine rings is 1. The maximum atomic E-state index is 12.6. The molecule has 0 aromatic heterocycles. The molecule has 2 fully saturated rings. The summed E-state index contributed by atoms with van der Waals surface area (Å²) >= 11 is 0. The number of hydrogen-bond donors (Lipinski definition) is 1. The molecule has 2 aromatic rings. The van der Waals surface area contributed by atoms with Gasteiger partial charge in [-0.1, -0.05) is 24.3 Å². The minimum absolute atomic E-state index is 0.00108. The van der Waals surface area contributed by atoms with Gasteiger partial charge >= 0.3 is 0 Å². The summed E-state index contributed by atoms with van der Waals surface area (Å²) in [6.07, 6.45) is 6.45. The SMILES string of the molecule is O=C(NCc1ccccc1CN1CCCC1)c1ccc(N2CCCCC2)cc1.